The molecule has 0 aliphatic rings. The minimum Gasteiger partial charge on any atom is -0.423 e. The summed E-state index contributed by atoms with van der Waals surface area (Å²) in [6.07, 6.45) is 2.74. The number of ether oxygens (including phenoxy) is 1. The Labute approximate surface area is 176 Å². The summed E-state index contributed by atoms with van der Waals surface area (Å²) in [4.78, 5) is 24.2. The van der Waals surface area contributed by atoms with E-state index in [1.807, 2.05) is 0 Å². The summed E-state index contributed by atoms with van der Waals surface area (Å²) in [5.41, 5.74) is 1.41. The van der Waals surface area contributed by atoms with E-state index in [1.54, 1.807) is 30.3 Å². The number of rotatable bonds is 5. The molecule has 0 aliphatic heterocycles. The first-order valence-corrected chi connectivity index (χ1v) is 9.18. The zero-order chi connectivity index (χ0) is 20.8. The third kappa shape index (κ3) is 5.91. The fourth-order valence-corrected chi connectivity index (χ4v) is 2.69. The third-order valence-corrected chi connectivity index (χ3v) is 4.36. The number of amides is 1. The fourth-order valence-electron chi connectivity index (χ4n) is 2.35. The minimum atomic E-state index is -0.600. The molecule has 3 aromatic carbocycles. The van der Waals surface area contributed by atoms with E-state index in [9.17, 15) is 14.0 Å². The molecule has 0 unspecified atom stereocenters. The van der Waals surface area contributed by atoms with E-state index in [1.165, 1.54) is 48.6 Å². The van der Waals surface area contributed by atoms with Crippen LogP contribution in [0.3, 0.4) is 0 Å². The van der Waals surface area contributed by atoms with Crippen LogP contribution in [0.5, 0.6) is 5.75 Å². The van der Waals surface area contributed by atoms with Crippen molar-refractivity contribution in [2.75, 3.05) is 5.32 Å². The lowest BCUT2D eigenvalue weighted by Crippen LogP contribution is -2.12. The molecule has 1 N–H and O–H groups in total. The van der Waals surface area contributed by atoms with Crippen LogP contribution in [0.2, 0.25) is 10.0 Å². The van der Waals surface area contributed by atoms with Crippen LogP contribution < -0.4 is 10.1 Å². The van der Waals surface area contributed by atoms with Gasteiger partial charge in [0.15, 0.2) is 0 Å². The Morgan fingerprint density at radius 2 is 1.62 bits per heavy atom. The molecule has 0 radical (unpaired) electrons. The maximum atomic E-state index is 12.9. The molecule has 0 saturated carbocycles. The Morgan fingerprint density at radius 1 is 0.931 bits per heavy atom. The van der Waals surface area contributed by atoms with Gasteiger partial charge in [-0.15, -0.1) is 0 Å². The van der Waals surface area contributed by atoms with Crippen molar-refractivity contribution in [2.24, 2.45) is 0 Å². The molecule has 146 valence electrons. The molecule has 4 nitrogen and oxygen atoms in total. The van der Waals surface area contributed by atoms with E-state index >= 15 is 0 Å². The number of nitrogens with one attached hydrogen (secondary N) is 1. The van der Waals surface area contributed by atoms with Gasteiger partial charge in [-0.2, -0.15) is 0 Å². The van der Waals surface area contributed by atoms with Gasteiger partial charge in [-0.25, -0.2) is 9.18 Å². The summed E-state index contributed by atoms with van der Waals surface area (Å²) < 4.78 is 18.0. The quantitative estimate of drug-likeness (QED) is 0.307. The Hall–Kier alpha value is -3.15. The van der Waals surface area contributed by atoms with Gasteiger partial charge in [-0.05, 0) is 66.2 Å². The molecule has 0 spiro atoms. The number of benzene rings is 3. The molecule has 0 aromatic heterocycles. The largest absolute Gasteiger partial charge is 0.423 e. The van der Waals surface area contributed by atoms with Crippen molar-refractivity contribution in [1.29, 1.82) is 0 Å². The monoisotopic (exact) mass is 429 g/mol. The van der Waals surface area contributed by atoms with E-state index in [0.29, 0.717) is 26.9 Å². The van der Waals surface area contributed by atoms with Crippen LogP contribution in [0, 0.1) is 5.82 Å². The Morgan fingerprint density at radius 3 is 2.31 bits per heavy atom. The summed E-state index contributed by atoms with van der Waals surface area (Å²) in [6.45, 7) is 0. The Bertz CT molecular complexity index is 1060. The average molecular weight is 430 g/mol. The second-order valence-corrected chi connectivity index (χ2v) is 6.75. The zero-order valence-corrected chi connectivity index (χ0v) is 16.4. The van der Waals surface area contributed by atoms with Gasteiger partial charge in [0.1, 0.15) is 11.6 Å². The zero-order valence-electron chi connectivity index (χ0n) is 14.9. The molecule has 3 rings (SSSR count). The average Bonchev–Trinajstić information content (AvgIpc) is 2.71. The second kappa shape index (κ2) is 9.37. The van der Waals surface area contributed by atoms with Crippen molar-refractivity contribution >= 4 is 46.8 Å². The number of esters is 1. The highest BCUT2D eigenvalue weighted by Gasteiger charge is 2.10. The Kier molecular flexibility index (Phi) is 6.65. The molecule has 29 heavy (non-hydrogen) atoms. The Balaban J connectivity index is 1.60. The molecule has 0 fully saturated rings. The van der Waals surface area contributed by atoms with Gasteiger partial charge in [0, 0.05) is 16.7 Å². The van der Waals surface area contributed by atoms with Gasteiger partial charge in [0.05, 0.1) is 10.7 Å². The van der Waals surface area contributed by atoms with E-state index in [0.717, 1.165) is 0 Å². The predicted octanol–water partition coefficient (Wildman–Crippen LogP) is 6.00. The summed E-state index contributed by atoms with van der Waals surface area (Å²) >= 11 is 11.9. The normalized spacial score (nSPS) is 10.7. The maximum absolute atomic E-state index is 12.9. The van der Waals surface area contributed by atoms with Crippen LogP contribution >= 0.6 is 23.2 Å². The van der Waals surface area contributed by atoms with Crippen LogP contribution in [-0.2, 0) is 4.79 Å². The lowest BCUT2D eigenvalue weighted by atomic mass is 10.2. The topological polar surface area (TPSA) is 55.4 Å². The molecule has 7 heteroatoms. The first-order chi connectivity index (χ1) is 13.9. The number of hydrogen-bond donors (Lipinski definition) is 1. The summed E-state index contributed by atoms with van der Waals surface area (Å²) in [6, 6.07) is 16.4. The van der Waals surface area contributed by atoms with Gasteiger partial charge in [0.2, 0.25) is 0 Å². The first-order valence-electron chi connectivity index (χ1n) is 8.42. The summed E-state index contributed by atoms with van der Waals surface area (Å²) in [5.74, 6) is -1.07. The highest BCUT2D eigenvalue weighted by molar-refractivity contribution is 6.35. The van der Waals surface area contributed by atoms with Gasteiger partial charge in [-0.1, -0.05) is 35.3 Å². The van der Waals surface area contributed by atoms with E-state index in [4.69, 9.17) is 27.9 Å². The lowest BCUT2D eigenvalue weighted by molar-refractivity contribution is -0.128. The predicted molar refractivity (Wildman–Crippen MR) is 112 cm³/mol. The third-order valence-electron chi connectivity index (χ3n) is 3.79. The molecule has 0 bridgehead atoms. The highest BCUT2D eigenvalue weighted by atomic mass is 35.5. The summed E-state index contributed by atoms with van der Waals surface area (Å²) in [5, 5.41) is 3.48. The molecular weight excluding hydrogens is 416 g/mol. The van der Waals surface area contributed by atoms with Gasteiger partial charge >= 0.3 is 5.97 Å². The van der Waals surface area contributed by atoms with Crippen LogP contribution in [-0.4, -0.2) is 11.9 Å². The molecule has 0 aliphatic carbocycles. The van der Waals surface area contributed by atoms with Gasteiger partial charge in [0.25, 0.3) is 5.91 Å². The number of hydrogen-bond acceptors (Lipinski definition) is 3. The van der Waals surface area contributed by atoms with E-state index in [-0.39, 0.29) is 17.5 Å². The van der Waals surface area contributed by atoms with E-state index < -0.39 is 5.97 Å². The lowest BCUT2D eigenvalue weighted by Gasteiger charge is -2.08. The van der Waals surface area contributed by atoms with Gasteiger partial charge < -0.3 is 10.1 Å². The summed E-state index contributed by atoms with van der Waals surface area (Å²) in [7, 11) is 0. The van der Waals surface area contributed by atoms with Crippen molar-refractivity contribution in [2.45, 2.75) is 0 Å². The number of halogens is 3. The first kappa shape index (κ1) is 20.6. The molecule has 0 heterocycles. The number of anilines is 1. The standard InChI is InChI=1S/C22H14Cl2FNO3/c23-16-6-11-19(24)20(13-16)26-22(28)15-4-9-18(10-5-15)29-21(27)12-3-14-1-7-17(25)8-2-14/h1-13H,(H,26,28)/b12-3+. The SMILES string of the molecule is O=C(/C=C/c1ccc(F)cc1)Oc1ccc(C(=O)Nc2cc(Cl)ccc2Cl)cc1. The van der Waals surface area contributed by atoms with Crippen LogP contribution in [0.25, 0.3) is 6.08 Å². The second-order valence-electron chi connectivity index (χ2n) is 5.91. The van der Waals surface area contributed by atoms with Crippen molar-refractivity contribution in [1.82, 2.24) is 0 Å². The fraction of sp³-hybridized carbons (Fsp3) is 0. The van der Waals surface area contributed by atoms with Crippen molar-refractivity contribution in [3.8, 4) is 5.75 Å². The molecule has 0 atom stereocenters. The van der Waals surface area contributed by atoms with Gasteiger partial charge in [-0.3, -0.25) is 4.79 Å². The molecular formula is C22H14Cl2FNO3. The van der Waals surface area contributed by atoms with Crippen LogP contribution in [0.4, 0.5) is 10.1 Å². The minimum absolute atomic E-state index is 0.274. The number of carbonyl (C=O) groups excluding carboxylic acids is 2. The van der Waals surface area contributed by atoms with Crippen molar-refractivity contribution < 1.29 is 18.7 Å². The van der Waals surface area contributed by atoms with Crippen molar-refractivity contribution in [3.63, 3.8) is 0 Å². The highest BCUT2D eigenvalue weighted by Crippen LogP contribution is 2.26. The van der Waals surface area contributed by atoms with Crippen LogP contribution in [0.1, 0.15) is 15.9 Å². The van der Waals surface area contributed by atoms with Crippen LogP contribution in [0.15, 0.2) is 72.8 Å². The molecule has 0 saturated heterocycles. The maximum Gasteiger partial charge on any atom is 0.336 e. The smallest absolute Gasteiger partial charge is 0.336 e. The van der Waals surface area contributed by atoms with Crippen molar-refractivity contribution in [3.05, 3.63) is 99.8 Å². The molecule has 3 aromatic rings. The van der Waals surface area contributed by atoms with E-state index in [2.05, 4.69) is 5.32 Å². The number of carbonyl (C=O) groups is 2. The molecule has 1 amide bonds.